The maximum absolute atomic E-state index is 12.8. The van der Waals surface area contributed by atoms with Gasteiger partial charge in [-0.15, -0.1) is 0 Å². The minimum atomic E-state index is -0.586. The number of furan rings is 1. The number of benzene rings is 1. The van der Waals surface area contributed by atoms with E-state index in [2.05, 4.69) is 0 Å². The molecule has 1 aliphatic carbocycles. The van der Waals surface area contributed by atoms with E-state index in [1.54, 1.807) is 12.5 Å². The van der Waals surface area contributed by atoms with Gasteiger partial charge in [0.2, 0.25) is 0 Å². The SMILES string of the molecule is Cc1cc(C)c(C2C(=O)CC(Cc3ccoc3)C2=O)c(C)c1. The van der Waals surface area contributed by atoms with E-state index in [1.807, 2.05) is 39.0 Å². The van der Waals surface area contributed by atoms with Crippen molar-refractivity contribution in [2.75, 3.05) is 0 Å². The summed E-state index contributed by atoms with van der Waals surface area (Å²) in [5.74, 6) is -0.706. The number of carbonyl (C=O) groups excluding carboxylic acids is 2. The van der Waals surface area contributed by atoms with E-state index in [4.69, 9.17) is 4.42 Å². The minimum absolute atomic E-state index is 0.0496. The summed E-state index contributed by atoms with van der Waals surface area (Å²) in [6.45, 7) is 6.00. The largest absolute Gasteiger partial charge is 0.472 e. The van der Waals surface area contributed by atoms with E-state index in [0.29, 0.717) is 12.8 Å². The first-order chi connectivity index (χ1) is 10.5. The number of carbonyl (C=O) groups is 2. The lowest BCUT2D eigenvalue weighted by Crippen LogP contribution is -2.18. The second kappa shape index (κ2) is 5.56. The molecule has 0 saturated heterocycles. The minimum Gasteiger partial charge on any atom is -0.472 e. The van der Waals surface area contributed by atoms with Crippen LogP contribution in [0.1, 0.15) is 40.2 Å². The highest BCUT2D eigenvalue weighted by Crippen LogP contribution is 2.37. The van der Waals surface area contributed by atoms with Crippen molar-refractivity contribution in [3.63, 3.8) is 0 Å². The fourth-order valence-corrected chi connectivity index (χ4v) is 3.67. The molecule has 1 aliphatic rings. The van der Waals surface area contributed by atoms with Gasteiger partial charge in [-0.3, -0.25) is 9.59 Å². The molecule has 0 N–H and O–H groups in total. The zero-order valence-corrected chi connectivity index (χ0v) is 13.2. The van der Waals surface area contributed by atoms with E-state index >= 15 is 0 Å². The van der Waals surface area contributed by atoms with Gasteiger partial charge in [0.25, 0.3) is 0 Å². The van der Waals surface area contributed by atoms with Gasteiger partial charge in [0.15, 0.2) is 5.78 Å². The molecular formula is C19H20O3. The van der Waals surface area contributed by atoms with Gasteiger partial charge in [-0.2, -0.15) is 0 Å². The maximum Gasteiger partial charge on any atom is 0.151 e. The molecule has 0 radical (unpaired) electrons. The van der Waals surface area contributed by atoms with Crippen LogP contribution in [0.3, 0.4) is 0 Å². The Morgan fingerprint density at radius 3 is 2.41 bits per heavy atom. The molecule has 1 aromatic heterocycles. The van der Waals surface area contributed by atoms with Crippen LogP contribution < -0.4 is 0 Å². The normalized spacial score (nSPS) is 21.6. The van der Waals surface area contributed by atoms with E-state index in [-0.39, 0.29) is 17.5 Å². The van der Waals surface area contributed by atoms with Crippen molar-refractivity contribution in [2.45, 2.75) is 39.5 Å². The van der Waals surface area contributed by atoms with Crippen molar-refractivity contribution in [3.8, 4) is 0 Å². The van der Waals surface area contributed by atoms with E-state index in [1.165, 1.54) is 0 Å². The Hall–Kier alpha value is -2.16. The lowest BCUT2D eigenvalue weighted by atomic mass is 9.86. The Bertz CT molecular complexity index is 702. The summed E-state index contributed by atoms with van der Waals surface area (Å²) >= 11 is 0. The zero-order valence-electron chi connectivity index (χ0n) is 13.2. The fourth-order valence-electron chi connectivity index (χ4n) is 3.67. The highest BCUT2D eigenvalue weighted by Gasteiger charge is 2.43. The molecule has 114 valence electrons. The fraction of sp³-hybridized carbons (Fsp3) is 0.368. The first-order valence-corrected chi connectivity index (χ1v) is 7.62. The predicted molar refractivity (Wildman–Crippen MR) is 83.9 cm³/mol. The Morgan fingerprint density at radius 1 is 1.14 bits per heavy atom. The van der Waals surface area contributed by atoms with Crippen molar-refractivity contribution in [2.24, 2.45) is 5.92 Å². The molecule has 0 spiro atoms. The van der Waals surface area contributed by atoms with Gasteiger partial charge in [-0.25, -0.2) is 0 Å². The van der Waals surface area contributed by atoms with Gasteiger partial charge in [0.05, 0.1) is 12.5 Å². The molecule has 1 fully saturated rings. The topological polar surface area (TPSA) is 47.3 Å². The summed E-state index contributed by atoms with van der Waals surface area (Å²) in [4.78, 5) is 25.2. The van der Waals surface area contributed by atoms with Crippen molar-refractivity contribution in [3.05, 3.63) is 58.5 Å². The summed E-state index contributed by atoms with van der Waals surface area (Å²) < 4.78 is 5.05. The van der Waals surface area contributed by atoms with Gasteiger partial charge in [0.1, 0.15) is 11.7 Å². The number of hydrogen-bond acceptors (Lipinski definition) is 3. The number of Topliss-reactive ketones (excluding diaryl/α,β-unsaturated/α-hetero) is 2. The van der Waals surface area contributed by atoms with Crippen LogP contribution in [-0.4, -0.2) is 11.6 Å². The molecule has 0 aliphatic heterocycles. The van der Waals surface area contributed by atoms with E-state index in [0.717, 1.165) is 27.8 Å². The molecule has 0 amide bonds. The van der Waals surface area contributed by atoms with E-state index < -0.39 is 5.92 Å². The van der Waals surface area contributed by atoms with Gasteiger partial charge in [0, 0.05) is 12.3 Å². The van der Waals surface area contributed by atoms with Crippen LogP contribution >= 0.6 is 0 Å². The summed E-state index contributed by atoms with van der Waals surface area (Å²) in [6.07, 6.45) is 4.17. The molecule has 2 aromatic rings. The van der Waals surface area contributed by atoms with Crippen LogP contribution in [0.2, 0.25) is 0 Å². The second-order valence-electron chi connectivity index (χ2n) is 6.35. The third-order valence-electron chi connectivity index (χ3n) is 4.55. The standard InChI is InChI=1S/C19H20O3/c1-11-6-12(2)17(13(3)7-11)18-16(20)9-15(19(18)21)8-14-4-5-22-10-14/h4-7,10,15,18H,8-9H2,1-3H3. The van der Waals surface area contributed by atoms with Crippen LogP contribution in [-0.2, 0) is 16.0 Å². The second-order valence-corrected chi connectivity index (χ2v) is 6.35. The van der Waals surface area contributed by atoms with Crippen LogP contribution in [0.4, 0.5) is 0 Å². The molecular weight excluding hydrogens is 276 g/mol. The number of rotatable bonds is 3. The quantitative estimate of drug-likeness (QED) is 0.812. The summed E-state index contributed by atoms with van der Waals surface area (Å²) in [5, 5.41) is 0. The predicted octanol–water partition coefficient (Wildman–Crippen LogP) is 3.69. The van der Waals surface area contributed by atoms with Crippen molar-refractivity contribution in [1.82, 2.24) is 0 Å². The molecule has 3 rings (SSSR count). The van der Waals surface area contributed by atoms with Crippen LogP contribution in [0.5, 0.6) is 0 Å². The molecule has 3 heteroatoms. The van der Waals surface area contributed by atoms with Crippen molar-refractivity contribution in [1.29, 1.82) is 0 Å². The number of hydrogen-bond donors (Lipinski definition) is 0. The molecule has 1 aromatic carbocycles. The monoisotopic (exact) mass is 296 g/mol. The van der Waals surface area contributed by atoms with Gasteiger partial charge < -0.3 is 4.42 Å². The lowest BCUT2D eigenvalue weighted by molar-refractivity contribution is -0.124. The first-order valence-electron chi connectivity index (χ1n) is 7.62. The Balaban J connectivity index is 1.92. The highest BCUT2D eigenvalue weighted by atomic mass is 16.3. The molecule has 1 heterocycles. The first kappa shape index (κ1) is 14.8. The van der Waals surface area contributed by atoms with Crippen LogP contribution in [0, 0.1) is 26.7 Å². The third-order valence-corrected chi connectivity index (χ3v) is 4.55. The maximum atomic E-state index is 12.8. The van der Waals surface area contributed by atoms with Gasteiger partial charge in [-0.1, -0.05) is 17.7 Å². The molecule has 0 bridgehead atoms. The van der Waals surface area contributed by atoms with Gasteiger partial charge >= 0.3 is 0 Å². The Kier molecular flexibility index (Phi) is 3.73. The van der Waals surface area contributed by atoms with Gasteiger partial charge in [-0.05, 0) is 55.5 Å². The molecule has 1 saturated carbocycles. The smallest absolute Gasteiger partial charge is 0.151 e. The van der Waals surface area contributed by atoms with Crippen LogP contribution in [0.15, 0.2) is 35.1 Å². The average Bonchev–Trinajstić information content (AvgIpc) is 3.02. The average molecular weight is 296 g/mol. The number of aryl methyl sites for hydroxylation is 3. The lowest BCUT2D eigenvalue weighted by Gasteiger charge is -2.16. The Morgan fingerprint density at radius 2 is 1.82 bits per heavy atom. The molecule has 2 unspecified atom stereocenters. The highest BCUT2D eigenvalue weighted by molar-refractivity contribution is 6.15. The summed E-state index contributed by atoms with van der Waals surface area (Å²) in [5.41, 5.74) is 5.12. The molecule has 22 heavy (non-hydrogen) atoms. The summed E-state index contributed by atoms with van der Waals surface area (Å²) in [6, 6.07) is 5.95. The molecule has 3 nitrogen and oxygen atoms in total. The summed E-state index contributed by atoms with van der Waals surface area (Å²) in [7, 11) is 0. The zero-order chi connectivity index (χ0) is 15.9. The van der Waals surface area contributed by atoms with Crippen molar-refractivity contribution < 1.29 is 14.0 Å². The van der Waals surface area contributed by atoms with Crippen LogP contribution in [0.25, 0.3) is 0 Å². The number of ketones is 2. The van der Waals surface area contributed by atoms with Crippen molar-refractivity contribution >= 4 is 11.6 Å². The van der Waals surface area contributed by atoms with E-state index in [9.17, 15) is 9.59 Å². The Labute approximate surface area is 130 Å². The third kappa shape index (κ3) is 2.52. The molecule has 2 atom stereocenters.